The van der Waals surface area contributed by atoms with E-state index in [1.807, 2.05) is 23.4 Å². The van der Waals surface area contributed by atoms with Crippen LogP contribution in [-0.4, -0.2) is 41.3 Å². The van der Waals surface area contributed by atoms with E-state index in [9.17, 15) is 5.11 Å². The van der Waals surface area contributed by atoms with E-state index in [-0.39, 0.29) is 0 Å². The van der Waals surface area contributed by atoms with Gasteiger partial charge in [0, 0.05) is 20.6 Å². The molecule has 0 fully saturated rings. The summed E-state index contributed by atoms with van der Waals surface area (Å²) in [5, 5.41) is 15.9. The van der Waals surface area contributed by atoms with E-state index in [0.717, 1.165) is 16.0 Å². The molecule has 2 aromatic rings. The fourth-order valence-electron chi connectivity index (χ4n) is 1.90. The standard InChI is InChI=1S/C12H18N4OS/c1-12(2,17)7-16(4)9-8-5-6-18-10(8)15-11(13-3)14-9/h5-6,17H,7H2,1-4H3,(H,13,14,15). The van der Waals surface area contributed by atoms with Crippen LogP contribution in [0.15, 0.2) is 11.4 Å². The Morgan fingerprint density at radius 3 is 2.78 bits per heavy atom. The van der Waals surface area contributed by atoms with Crippen molar-refractivity contribution in [1.29, 1.82) is 0 Å². The van der Waals surface area contributed by atoms with Gasteiger partial charge in [0.2, 0.25) is 5.95 Å². The Balaban J connectivity index is 2.45. The Bertz CT molecular complexity index is 546. The maximum atomic E-state index is 9.90. The van der Waals surface area contributed by atoms with Crippen LogP contribution in [0, 0.1) is 0 Å². The molecule has 6 heteroatoms. The summed E-state index contributed by atoms with van der Waals surface area (Å²) in [6.07, 6.45) is 0. The summed E-state index contributed by atoms with van der Waals surface area (Å²) in [5.74, 6) is 1.44. The Labute approximate surface area is 110 Å². The Morgan fingerprint density at radius 2 is 2.17 bits per heavy atom. The lowest BCUT2D eigenvalue weighted by molar-refractivity contribution is 0.0885. The maximum absolute atomic E-state index is 9.90. The third-order valence-electron chi connectivity index (χ3n) is 2.51. The monoisotopic (exact) mass is 266 g/mol. The number of likely N-dealkylation sites (N-methyl/N-ethyl adjacent to an activating group) is 1. The van der Waals surface area contributed by atoms with Gasteiger partial charge in [-0.15, -0.1) is 11.3 Å². The van der Waals surface area contributed by atoms with E-state index in [1.54, 1.807) is 32.2 Å². The van der Waals surface area contributed by atoms with Gasteiger partial charge in [0.05, 0.1) is 11.0 Å². The third kappa shape index (κ3) is 2.70. The van der Waals surface area contributed by atoms with E-state index < -0.39 is 5.60 Å². The lowest BCUT2D eigenvalue weighted by Gasteiger charge is -2.27. The molecule has 2 aromatic heterocycles. The molecule has 0 aliphatic rings. The van der Waals surface area contributed by atoms with Crippen LogP contribution in [0.4, 0.5) is 11.8 Å². The maximum Gasteiger partial charge on any atom is 0.225 e. The highest BCUT2D eigenvalue weighted by Gasteiger charge is 2.19. The molecule has 0 amide bonds. The van der Waals surface area contributed by atoms with Crippen molar-refractivity contribution >= 4 is 33.3 Å². The van der Waals surface area contributed by atoms with Gasteiger partial charge < -0.3 is 15.3 Å². The fraction of sp³-hybridized carbons (Fsp3) is 0.500. The van der Waals surface area contributed by atoms with Crippen LogP contribution >= 0.6 is 11.3 Å². The van der Waals surface area contributed by atoms with Crippen LogP contribution in [0.2, 0.25) is 0 Å². The minimum Gasteiger partial charge on any atom is -0.389 e. The molecule has 0 radical (unpaired) electrons. The van der Waals surface area contributed by atoms with Gasteiger partial charge in [0.15, 0.2) is 0 Å². The smallest absolute Gasteiger partial charge is 0.225 e. The summed E-state index contributed by atoms with van der Waals surface area (Å²) in [5.41, 5.74) is -0.762. The first-order valence-electron chi connectivity index (χ1n) is 5.77. The first-order valence-corrected chi connectivity index (χ1v) is 6.65. The molecule has 98 valence electrons. The summed E-state index contributed by atoms with van der Waals surface area (Å²) in [4.78, 5) is 11.8. The lowest BCUT2D eigenvalue weighted by atomic mass is 10.1. The highest BCUT2D eigenvalue weighted by Crippen LogP contribution is 2.29. The van der Waals surface area contributed by atoms with Crippen molar-refractivity contribution < 1.29 is 5.11 Å². The van der Waals surface area contributed by atoms with Crippen LogP contribution in [0.3, 0.4) is 0 Å². The second-order valence-corrected chi connectivity index (χ2v) is 5.82. The summed E-state index contributed by atoms with van der Waals surface area (Å²) >= 11 is 1.59. The molecule has 0 saturated carbocycles. The minimum atomic E-state index is -0.762. The van der Waals surface area contributed by atoms with Crippen molar-refractivity contribution in [2.45, 2.75) is 19.4 Å². The summed E-state index contributed by atoms with van der Waals surface area (Å²) in [6.45, 7) is 4.08. The van der Waals surface area contributed by atoms with E-state index in [0.29, 0.717) is 12.5 Å². The van der Waals surface area contributed by atoms with Crippen molar-refractivity contribution in [2.24, 2.45) is 0 Å². The quantitative estimate of drug-likeness (QED) is 0.885. The molecule has 18 heavy (non-hydrogen) atoms. The molecule has 5 nitrogen and oxygen atoms in total. The molecule has 0 aliphatic carbocycles. The number of rotatable bonds is 4. The van der Waals surface area contributed by atoms with Gasteiger partial charge in [-0.2, -0.15) is 4.98 Å². The number of nitrogens with one attached hydrogen (secondary N) is 1. The first kappa shape index (κ1) is 13.0. The number of thiophene rings is 1. The second kappa shape index (κ2) is 4.70. The number of fused-ring (bicyclic) bond motifs is 1. The van der Waals surface area contributed by atoms with Gasteiger partial charge >= 0.3 is 0 Å². The van der Waals surface area contributed by atoms with E-state index in [4.69, 9.17) is 0 Å². The number of aromatic nitrogens is 2. The zero-order chi connectivity index (χ0) is 13.3. The zero-order valence-electron chi connectivity index (χ0n) is 11.1. The Hall–Kier alpha value is -1.40. The Kier molecular flexibility index (Phi) is 3.41. The number of aliphatic hydroxyl groups is 1. The molecule has 2 heterocycles. The second-order valence-electron chi connectivity index (χ2n) is 4.93. The predicted molar refractivity (Wildman–Crippen MR) is 76.5 cm³/mol. The van der Waals surface area contributed by atoms with Crippen LogP contribution in [0.1, 0.15) is 13.8 Å². The van der Waals surface area contributed by atoms with Crippen LogP contribution < -0.4 is 10.2 Å². The van der Waals surface area contributed by atoms with Crippen LogP contribution in [0.25, 0.3) is 10.2 Å². The molecule has 0 aliphatic heterocycles. The minimum absolute atomic E-state index is 0.512. The van der Waals surface area contributed by atoms with E-state index in [2.05, 4.69) is 15.3 Å². The lowest BCUT2D eigenvalue weighted by Crippen LogP contribution is -2.36. The Morgan fingerprint density at radius 1 is 1.44 bits per heavy atom. The average Bonchev–Trinajstić information content (AvgIpc) is 2.72. The molecule has 0 saturated heterocycles. The van der Waals surface area contributed by atoms with Crippen molar-refractivity contribution in [2.75, 3.05) is 30.9 Å². The third-order valence-corrected chi connectivity index (χ3v) is 3.32. The fourth-order valence-corrected chi connectivity index (χ4v) is 2.66. The predicted octanol–water partition coefficient (Wildman–Crippen LogP) is 1.94. The number of nitrogens with zero attached hydrogens (tertiary/aromatic N) is 3. The van der Waals surface area contributed by atoms with Gasteiger partial charge in [-0.1, -0.05) is 0 Å². The van der Waals surface area contributed by atoms with Crippen LogP contribution in [0.5, 0.6) is 0 Å². The summed E-state index contributed by atoms with van der Waals surface area (Å²) in [7, 11) is 3.73. The zero-order valence-corrected chi connectivity index (χ0v) is 11.9. The van der Waals surface area contributed by atoms with E-state index in [1.165, 1.54) is 0 Å². The number of hydrogen-bond acceptors (Lipinski definition) is 6. The van der Waals surface area contributed by atoms with Gasteiger partial charge in [-0.05, 0) is 25.3 Å². The van der Waals surface area contributed by atoms with Gasteiger partial charge in [0.25, 0.3) is 0 Å². The average molecular weight is 266 g/mol. The molecular weight excluding hydrogens is 248 g/mol. The van der Waals surface area contributed by atoms with Crippen molar-refractivity contribution in [3.63, 3.8) is 0 Å². The molecule has 2 rings (SSSR count). The topological polar surface area (TPSA) is 61.3 Å². The first-order chi connectivity index (χ1) is 8.40. The normalized spacial score (nSPS) is 11.8. The largest absolute Gasteiger partial charge is 0.389 e. The molecule has 2 N–H and O–H groups in total. The van der Waals surface area contributed by atoms with E-state index >= 15 is 0 Å². The van der Waals surface area contributed by atoms with Crippen LogP contribution in [-0.2, 0) is 0 Å². The molecule has 0 aromatic carbocycles. The highest BCUT2D eigenvalue weighted by molar-refractivity contribution is 7.16. The van der Waals surface area contributed by atoms with Gasteiger partial charge in [-0.25, -0.2) is 4.98 Å². The van der Waals surface area contributed by atoms with Gasteiger partial charge in [-0.3, -0.25) is 0 Å². The molecule has 0 unspecified atom stereocenters. The molecule has 0 spiro atoms. The van der Waals surface area contributed by atoms with Crippen molar-refractivity contribution in [3.8, 4) is 0 Å². The number of hydrogen-bond donors (Lipinski definition) is 2. The number of anilines is 2. The summed E-state index contributed by atoms with van der Waals surface area (Å²) < 4.78 is 0. The molecule has 0 bridgehead atoms. The highest BCUT2D eigenvalue weighted by atomic mass is 32.1. The van der Waals surface area contributed by atoms with Crippen molar-refractivity contribution in [1.82, 2.24) is 9.97 Å². The van der Waals surface area contributed by atoms with Gasteiger partial charge in [0.1, 0.15) is 10.6 Å². The molecule has 0 atom stereocenters. The van der Waals surface area contributed by atoms with Crippen molar-refractivity contribution in [3.05, 3.63) is 11.4 Å². The molecular formula is C12H18N4OS. The summed E-state index contributed by atoms with van der Waals surface area (Å²) in [6, 6.07) is 2.01. The SMILES string of the molecule is CNc1nc(N(C)CC(C)(C)O)c2ccsc2n1.